The van der Waals surface area contributed by atoms with Gasteiger partial charge in [-0.2, -0.15) is 0 Å². The second-order valence-corrected chi connectivity index (χ2v) is 5.59. The highest BCUT2D eigenvalue weighted by atomic mass is 32.2. The summed E-state index contributed by atoms with van der Waals surface area (Å²) >= 11 is 0. The number of pyridine rings is 1. The highest BCUT2D eigenvalue weighted by Crippen LogP contribution is 2.12. The number of unbranched alkanes of at least 4 members (excludes halogenated alkanes) is 1. The van der Waals surface area contributed by atoms with Crippen LogP contribution in [0, 0.1) is 0 Å². The molecule has 0 spiro atoms. The minimum Gasteiger partial charge on any atom is -0.330 e. The van der Waals surface area contributed by atoms with Gasteiger partial charge in [0.1, 0.15) is 5.82 Å². The molecule has 5 nitrogen and oxygen atoms in total. The molecule has 0 saturated carbocycles. The Labute approximate surface area is 96.3 Å². The Balaban J connectivity index is 2.69. The SMILES string of the molecule is CN(c1ccccn1)S(=O)(=O)CCCCN. The quantitative estimate of drug-likeness (QED) is 0.742. The maximum atomic E-state index is 11.9. The lowest BCUT2D eigenvalue weighted by Crippen LogP contribution is -2.29. The third-order valence-corrected chi connectivity index (χ3v) is 4.07. The van der Waals surface area contributed by atoms with E-state index in [4.69, 9.17) is 5.73 Å². The Hall–Kier alpha value is -1.14. The van der Waals surface area contributed by atoms with Crippen LogP contribution in [-0.2, 0) is 10.0 Å². The molecule has 1 aromatic heterocycles. The van der Waals surface area contributed by atoms with Gasteiger partial charge in [0, 0.05) is 13.2 Å². The summed E-state index contributed by atoms with van der Waals surface area (Å²) in [6, 6.07) is 5.17. The van der Waals surface area contributed by atoms with E-state index in [1.807, 2.05) is 0 Å². The number of aromatic nitrogens is 1. The van der Waals surface area contributed by atoms with E-state index in [9.17, 15) is 8.42 Å². The predicted molar refractivity (Wildman–Crippen MR) is 64.7 cm³/mol. The van der Waals surface area contributed by atoms with E-state index in [1.165, 1.54) is 11.4 Å². The molecule has 2 N–H and O–H groups in total. The van der Waals surface area contributed by atoms with E-state index in [-0.39, 0.29) is 5.75 Å². The molecule has 0 saturated heterocycles. The van der Waals surface area contributed by atoms with Crippen molar-refractivity contribution in [1.29, 1.82) is 0 Å². The molecule has 0 aliphatic heterocycles. The Morgan fingerprint density at radius 3 is 2.69 bits per heavy atom. The first-order valence-corrected chi connectivity index (χ1v) is 6.76. The molecule has 0 unspecified atom stereocenters. The molecule has 0 radical (unpaired) electrons. The molecule has 0 aliphatic carbocycles. The average Bonchev–Trinajstić information content (AvgIpc) is 2.29. The molecule has 0 aliphatic rings. The number of hydrogen-bond acceptors (Lipinski definition) is 4. The number of anilines is 1. The zero-order valence-electron chi connectivity index (χ0n) is 9.33. The molecule has 0 amide bonds. The predicted octanol–water partition coefficient (Wildman–Crippen LogP) is 0.586. The van der Waals surface area contributed by atoms with Crippen LogP contribution in [0.15, 0.2) is 24.4 Å². The van der Waals surface area contributed by atoms with Gasteiger partial charge in [-0.1, -0.05) is 6.07 Å². The molecule has 6 heteroatoms. The summed E-state index contributed by atoms with van der Waals surface area (Å²) < 4.78 is 24.9. The average molecular weight is 243 g/mol. The van der Waals surface area contributed by atoms with E-state index in [2.05, 4.69) is 4.98 Å². The first kappa shape index (κ1) is 12.9. The summed E-state index contributed by atoms with van der Waals surface area (Å²) in [5, 5.41) is 0. The van der Waals surface area contributed by atoms with Gasteiger partial charge in [0.25, 0.3) is 0 Å². The second kappa shape index (κ2) is 5.81. The van der Waals surface area contributed by atoms with Crippen LogP contribution in [0.4, 0.5) is 5.82 Å². The van der Waals surface area contributed by atoms with Gasteiger partial charge in [0.05, 0.1) is 5.75 Å². The topological polar surface area (TPSA) is 76.3 Å². The van der Waals surface area contributed by atoms with Crippen LogP contribution in [0.3, 0.4) is 0 Å². The first-order valence-electron chi connectivity index (χ1n) is 5.15. The van der Waals surface area contributed by atoms with Crippen molar-refractivity contribution in [2.45, 2.75) is 12.8 Å². The van der Waals surface area contributed by atoms with Crippen molar-refractivity contribution in [3.8, 4) is 0 Å². The molecule has 90 valence electrons. The lowest BCUT2D eigenvalue weighted by atomic mass is 10.3. The van der Waals surface area contributed by atoms with Crippen LogP contribution in [-0.4, -0.2) is 32.7 Å². The Kier molecular flexibility index (Phi) is 4.70. The van der Waals surface area contributed by atoms with Crippen molar-refractivity contribution in [2.24, 2.45) is 5.73 Å². The molecule has 16 heavy (non-hydrogen) atoms. The van der Waals surface area contributed by atoms with Gasteiger partial charge >= 0.3 is 0 Å². The fourth-order valence-electron chi connectivity index (χ4n) is 1.25. The number of nitrogens with two attached hydrogens (primary N) is 1. The molecule has 0 atom stereocenters. The van der Waals surface area contributed by atoms with Crippen LogP contribution >= 0.6 is 0 Å². The summed E-state index contributed by atoms with van der Waals surface area (Å²) in [7, 11) is -1.76. The number of rotatable bonds is 6. The third kappa shape index (κ3) is 3.46. The third-order valence-electron chi connectivity index (χ3n) is 2.25. The van der Waals surface area contributed by atoms with Crippen molar-refractivity contribution in [2.75, 3.05) is 23.7 Å². The fraction of sp³-hybridized carbons (Fsp3) is 0.500. The summed E-state index contributed by atoms with van der Waals surface area (Å²) in [4.78, 5) is 4.00. The summed E-state index contributed by atoms with van der Waals surface area (Å²) in [6.07, 6.45) is 2.87. The van der Waals surface area contributed by atoms with Crippen LogP contribution < -0.4 is 10.0 Å². The van der Waals surface area contributed by atoms with Crippen LogP contribution in [0.25, 0.3) is 0 Å². The number of nitrogens with zero attached hydrogens (tertiary/aromatic N) is 2. The van der Waals surface area contributed by atoms with Gasteiger partial charge in [-0.05, 0) is 31.5 Å². The monoisotopic (exact) mass is 243 g/mol. The molecular weight excluding hydrogens is 226 g/mol. The van der Waals surface area contributed by atoms with Crippen LogP contribution in [0.2, 0.25) is 0 Å². The molecule has 0 bridgehead atoms. The highest BCUT2D eigenvalue weighted by Gasteiger charge is 2.18. The number of hydrogen-bond donors (Lipinski definition) is 1. The fourth-order valence-corrected chi connectivity index (χ4v) is 2.48. The van der Waals surface area contributed by atoms with Crippen molar-refractivity contribution < 1.29 is 8.42 Å². The second-order valence-electron chi connectivity index (χ2n) is 3.47. The van der Waals surface area contributed by atoms with E-state index < -0.39 is 10.0 Å². The molecule has 1 heterocycles. The lowest BCUT2D eigenvalue weighted by Gasteiger charge is -2.17. The Morgan fingerprint density at radius 1 is 1.38 bits per heavy atom. The van der Waals surface area contributed by atoms with Crippen LogP contribution in [0.1, 0.15) is 12.8 Å². The van der Waals surface area contributed by atoms with Gasteiger partial charge in [-0.25, -0.2) is 13.4 Å². The zero-order valence-corrected chi connectivity index (χ0v) is 10.2. The lowest BCUT2D eigenvalue weighted by molar-refractivity contribution is 0.589. The highest BCUT2D eigenvalue weighted by molar-refractivity contribution is 7.92. The largest absolute Gasteiger partial charge is 0.330 e. The van der Waals surface area contributed by atoms with E-state index in [0.29, 0.717) is 18.8 Å². The molecule has 0 aromatic carbocycles. The first-order chi connectivity index (χ1) is 7.58. The zero-order chi connectivity index (χ0) is 12.0. The van der Waals surface area contributed by atoms with Crippen molar-refractivity contribution in [3.05, 3.63) is 24.4 Å². The van der Waals surface area contributed by atoms with Crippen molar-refractivity contribution in [1.82, 2.24) is 4.98 Å². The normalized spacial score (nSPS) is 11.4. The van der Waals surface area contributed by atoms with Gasteiger partial charge in [-0.15, -0.1) is 0 Å². The van der Waals surface area contributed by atoms with Gasteiger partial charge in [0.2, 0.25) is 10.0 Å². The summed E-state index contributed by atoms with van der Waals surface area (Å²) in [6.45, 7) is 0.517. The molecule has 0 fully saturated rings. The standard InChI is InChI=1S/C10H17N3O2S/c1-13(10-6-2-4-8-12-10)16(14,15)9-5-3-7-11/h2,4,6,8H,3,5,7,9,11H2,1H3. The maximum absolute atomic E-state index is 11.9. The summed E-state index contributed by atoms with van der Waals surface area (Å²) in [5.74, 6) is 0.548. The van der Waals surface area contributed by atoms with E-state index in [0.717, 1.165) is 6.42 Å². The van der Waals surface area contributed by atoms with E-state index >= 15 is 0 Å². The summed E-state index contributed by atoms with van der Waals surface area (Å²) in [5.41, 5.74) is 5.32. The van der Waals surface area contributed by atoms with Crippen molar-refractivity contribution in [3.63, 3.8) is 0 Å². The maximum Gasteiger partial charge on any atom is 0.236 e. The number of sulfonamides is 1. The molecule has 1 rings (SSSR count). The Morgan fingerprint density at radius 2 is 2.12 bits per heavy atom. The van der Waals surface area contributed by atoms with Crippen molar-refractivity contribution >= 4 is 15.8 Å². The minimum absolute atomic E-state index is 0.108. The van der Waals surface area contributed by atoms with Crippen LogP contribution in [0.5, 0.6) is 0 Å². The van der Waals surface area contributed by atoms with E-state index in [1.54, 1.807) is 24.4 Å². The van der Waals surface area contributed by atoms with Gasteiger partial charge < -0.3 is 5.73 Å². The van der Waals surface area contributed by atoms with Gasteiger partial charge in [-0.3, -0.25) is 4.31 Å². The molecular formula is C10H17N3O2S. The van der Waals surface area contributed by atoms with Gasteiger partial charge in [0.15, 0.2) is 0 Å². The Bertz CT molecular complexity index is 405. The minimum atomic E-state index is -3.27. The smallest absolute Gasteiger partial charge is 0.236 e. The molecule has 1 aromatic rings.